The Morgan fingerprint density at radius 3 is 2.57 bits per heavy atom. The first kappa shape index (κ1) is 12.0. The lowest BCUT2D eigenvalue weighted by Crippen LogP contribution is -2.48. The molecule has 0 bridgehead atoms. The van der Waals surface area contributed by atoms with Gasteiger partial charge in [0.25, 0.3) is 0 Å². The van der Waals surface area contributed by atoms with Crippen molar-refractivity contribution in [1.82, 2.24) is 4.90 Å². The van der Waals surface area contributed by atoms with Crippen molar-refractivity contribution in [3.05, 3.63) is 0 Å². The molecule has 0 aromatic rings. The van der Waals surface area contributed by atoms with Gasteiger partial charge in [-0.05, 0) is 24.7 Å². The van der Waals surface area contributed by atoms with E-state index in [1.807, 2.05) is 0 Å². The molecule has 1 N–H and O–H groups in total. The predicted molar refractivity (Wildman–Crippen MR) is 60.3 cm³/mol. The summed E-state index contributed by atoms with van der Waals surface area (Å²) in [6, 6.07) is 0. The molecule has 84 valence electrons. The van der Waals surface area contributed by atoms with Gasteiger partial charge >= 0.3 is 0 Å². The van der Waals surface area contributed by atoms with Crippen molar-refractivity contribution in [2.75, 3.05) is 26.2 Å². The molecular weight excluding hydrogens is 174 g/mol. The predicted octanol–water partition coefficient (Wildman–Crippen LogP) is 2.13. The molecule has 1 aliphatic rings. The van der Waals surface area contributed by atoms with E-state index in [2.05, 4.69) is 18.7 Å². The molecule has 0 radical (unpaired) electrons. The van der Waals surface area contributed by atoms with Crippen molar-refractivity contribution in [2.45, 2.75) is 39.5 Å². The van der Waals surface area contributed by atoms with Crippen LogP contribution in [0.3, 0.4) is 0 Å². The van der Waals surface area contributed by atoms with E-state index in [9.17, 15) is 0 Å². The minimum atomic E-state index is 0.352. The van der Waals surface area contributed by atoms with E-state index < -0.39 is 0 Å². The minimum Gasteiger partial charge on any atom is -0.396 e. The normalized spacial score (nSPS) is 20.8. The number of rotatable bonds is 7. The average molecular weight is 199 g/mol. The molecule has 2 nitrogen and oxygen atoms in total. The molecule has 14 heavy (non-hydrogen) atoms. The Bertz CT molecular complexity index is 143. The minimum absolute atomic E-state index is 0.352. The van der Waals surface area contributed by atoms with E-state index in [1.165, 1.54) is 38.9 Å². The molecule has 0 amide bonds. The van der Waals surface area contributed by atoms with Crippen LogP contribution in [0.5, 0.6) is 0 Å². The third-order valence-corrected chi connectivity index (χ3v) is 3.36. The molecule has 1 rings (SSSR count). The van der Waals surface area contributed by atoms with Crippen molar-refractivity contribution >= 4 is 0 Å². The summed E-state index contributed by atoms with van der Waals surface area (Å²) in [5.41, 5.74) is 0. The Morgan fingerprint density at radius 1 is 1.36 bits per heavy atom. The summed E-state index contributed by atoms with van der Waals surface area (Å²) >= 11 is 0. The lowest BCUT2D eigenvalue weighted by Gasteiger charge is -2.41. The largest absolute Gasteiger partial charge is 0.396 e. The molecule has 0 aliphatic carbocycles. The second kappa shape index (κ2) is 6.41. The van der Waals surface area contributed by atoms with Gasteiger partial charge in [0.2, 0.25) is 0 Å². The summed E-state index contributed by atoms with van der Waals surface area (Å²) in [5.74, 6) is 1.68. The average Bonchev–Trinajstić information content (AvgIpc) is 2.13. The van der Waals surface area contributed by atoms with E-state index in [0.29, 0.717) is 12.5 Å². The first-order valence-corrected chi connectivity index (χ1v) is 6.13. The van der Waals surface area contributed by atoms with Crippen molar-refractivity contribution in [3.63, 3.8) is 0 Å². The van der Waals surface area contributed by atoms with Gasteiger partial charge in [-0.25, -0.2) is 0 Å². The number of likely N-dealkylation sites (tertiary alicyclic amines) is 1. The van der Waals surface area contributed by atoms with Crippen molar-refractivity contribution < 1.29 is 5.11 Å². The van der Waals surface area contributed by atoms with Gasteiger partial charge in [-0.15, -0.1) is 0 Å². The van der Waals surface area contributed by atoms with Gasteiger partial charge < -0.3 is 10.0 Å². The fraction of sp³-hybridized carbons (Fsp3) is 1.00. The zero-order chi connectivity index (χ0) is 10.4. The Morgan fingerprint density at radius 2 is 2.07 bits per heavy atom. The van der Waals surface area contributed by atoms with Gasteiger partial charge in [0.1, 0.15) is 0 Å². The summed E-state index contributed by atoms with van der Waals surface area (Å²) in [4.78, 5) is 2.55. The summed E-state index contributed by atoms with van der Waals surface area (Å²) in [6.07, 6.45) is 4.90. The van der Waals surface area contributed by atoms with Gasteiger partial charge in [0.05, 0.1) is 0 Å². The second-order valence-corrected chi connectivity index (χ2v) is 4.66. The molecule has 1 heterocycles. The zero-order valence-corrected chi connectivity index (χ0v) is 9.71. The van der Waals surface area contributed by atoms with Crippen LogP contribution in [0.4, 0.5) is 0 Å². The highest BCUT2D eigenvalue weighted by molar-refractivity contribution is 4.80. The number of hydrogen-bond donors (Lipinski definition) is 1. The lowest BCUT2D eigenvalue weighted by molar-refractivity contribution is 0.0690. The Labute approximate surface area is 88.3 Å². The Hall–Kier alpha value is -0.0800. The molecule has 2 heteroatoms. The smallest absolute Gasteiger partial charge is 0.0434 e. The van der Waals surface area contributed by atoms with Crippen LogP contribution < -0.4 is 0 Å². The number of nitrogens with zero attached hydrogens (tertiary/aromatic N) is 1. The summed E-state index contributed by atoms with van der Waals surface area (Å²) < 4.78 is 0. The van der Waals surface area contributed by atoms with Gasteiger partial charge in [0.15, 0.2) is 0 Å². The second-order valence-electron chi connectivity index (χ2n) is 4.66. The zero-order valence-electron chi connectivity index (χ0n) is 9.71. The molecule has 1 aliphatic heterocycles. The quantitative estimate of drug-likeness (QED) is 0.679. The van der Waals surface area contributed by atoms with Crippen LogP contribution in [0.15, 0.2) is 0 Å². The van der Waals surface area contributed by atoms with Gasteiger partial charge in [0, 0.05) is 26.2 Å². The number of aliphatic hydroxyl groups excluding tert-OH is 1. The fourth-order valence-electron chi connectivity index (χ4n) is 2.39. The molecule has 0 saturated carbocycles. The fourth-order valence-corrected chi connectivity index (χ4v) is 2.39. The molecule has 0 aromatic carbocycles. The van der Waals surface area contributed by atoms with Crippen molar-refractivity contribution in [2.24, 2.45) is 11.8 Å². The van der Waals surface area contributed by atoms with Crippen LogP contribution in [0.1, 0.15) is 39.5 Å². The molecule has 1 fully saturated rings. The highest BCUT2D eigenvalue weighted by atomic mass is 16.3. The third kappa shape index (κ3) is 3.58. The van der Waals surface area contributed by atoms with Gasteiger partial charge in [-0.2, -0.15) is 0 Å². The maximum absolute atomic E-state index is 8.89. The first-order chi connectivity index (χ1) is 6.80. The molecule has 0 spiro atoms. The maximum atomic E-state index is 8.89. The standard InChI is InChI=1S/C12H25NO/c1-3-5-12-9-13(10-12)8-11(4-2)6-7-14/h11-12,14H,3-10H2,1-2H3. The monoisotopic (exact) mass is 199 g/mol. The van der Waals surface area contributed by atoms with Crippen LogP contribution >= 0.6 is 0 Å². The molecule has 1 unspecified atom stereocenters. The maximum Gasteiger partial charge on any atom is 0.0434 e. The summed E-state index contributed by atoms with van der Waals surface area (Å²) in [5, 5.41) is 8.89. The topological polar surface area (TPSA) is 23.5 Å². The van der Waals surface area contributed by atoms with Crippen molar-refractivity contribution in [1.29, 1.82) is 0 Å². The van der Waals surface area contributed by atoms with Gasteiger partial charge in [-0.1, -0.05) is 26.7 Å². The SMILES string of the molecule is CCCC1CN(CC(CC)CCO)C1. The van der Waals surface area contributed by atoms with Crippen LogP contribution in [0, 0.1) is 11.8 Å². The number of hydrogen-bond acceptors (Lipinski definition) is 2. The van der Waals surface area contributed by atoms with Gasteiger partial charge in [-0.3, -0.25) is 0 Å². The van der Waals surface area contributed by atoms with E-state index in [-0.39, 0.29) is 0 Å². The Balaban J connectivity index is 2.08. The van der Waals surface area contributed by atoms with Crippen LogP contribution in [0.25, 0.3) is 0 Å². The van der Waals surface area contributed by atoms with E-state index in [4.69, 9.17) is 5.11 Å². The highest BCUT2D eigenvalue weighted by Crippen LogP contribution is 2.22. The highest BCUT2D eigenvalue weighted by Gasteiger charge is 2.26. The van der Waals surface area contributed by atoms with Crippen LogP contribution in [-0.2, 0) is 0 Å². The summed E-state index contributed by atoms with van der Waals surface area (Å²) in [6.45, 7) is 8.65. The molecule has 0 aromatic heterocycles. The molecular formula is C12H25NO. The van der Waals surface area contributed by atoms with Crippen LogP contribution in [-0.4, -0.2) is 36.2 Å². The van der Waals surface area contributed by atoms with E-state index >= 15 is 0 Å². The summed E-state index contributed by atoms with van der Waals surface area (Å²) in [7, 11) is 0. The van der Waals surface area contributed by atoms with E-state index in [0.717, 1.165) is 12.3 Å². The lowest BCUT2D eigenvalue weighted by atomic mass is 9.92. The molecule has 1 saturated heterocycles. The van der Waals surface area contributed by atoms with Crippen LogP contribution in [0.2, 0.25) is 0 Å². The molecule has 1 atom stereocenters. The Kier molecular flexibility index (Phi) is 5.49. The third-order valence-electron chi connectivity index (χ3n) is 3.36. The van der Waals surface area contributed by atoms with Crippen molar-refractivity contribution in [3.8, 4) is 0 Å². The number of aliphatic hydroxyl groups is 1. The van der Waals surface area contributed by atoms with E-state index in [1.54, 1.807) is 0 Å². The first-order valence-electron chi connectivity index (χ1n) is 6.13.